The Bertz CT molecular complexity index is 558. The van der Waals surface area contributed by atoms with Crippen molar-refractivity contribution in [3.05, 3.63) is 0 Å². The summed E-state index contributed by atoms with van der Waals surface area (Å²) in [5.74, 6) is -2.29. The van der Waals surface area contributed by atoms with Gasteiger partial charge in [-0.25, -0.2) is 4.79 Å². The molecule has 6 nitrogen and oxygen atoms in total. The number of carbonyl (C=O) groups is 3. The Balaban J connectivity index is 2.36. The molecular formula is C14H20BrNO5S. The highest BCUT2D eigenvalue weighted by Crippen LogP contribution is 2.58. The molecule has 2 unspecified atom stereocenters. The van der Waals surface area contributed by atoms with Gasteiger partial charge in [-0.2, -0.15) is 0 Å². The van der Waals surface area contributed by atoms with E-state index in [1.165, 1.54) is 16.7 Å². The molecule has 8 heteroatoms. The molecule has 2 aliphatic heterocycles. The number of ketones is 1. The van der Waals surface area contributed by atoms with Gasteiger partial charge in [0.25, 0.3) is 5.91 Å². The third-order valence-electron chi connectivity index (χ3n) is 4.15. The van der Waals surface area contributed by atoms with Crippen LogP contribution in [0.2, 0.25) is 0 Å². The van der Waals surface area contributed by atoms with E-state index in [0.717, 1.165) is 0 Å². The number of fused-ring (bicyclic) bond motifs is 1. The third-order valence-corrected chi connectivity index (χ3v) is 7.25. The van der Waals surface area contributed by atoms with Crippen LogP contribution in [0.25, 0.3) is 0 Å². The molecule has 0 aromatic carbocycles. The van der Waals surface area contributed by atoms with Crippen LogP contribution in [0.4, 0.5) is 0 Å². The molecule has 0 spiro atoms. The van der Waals surface area contributed by atoms with Crippen molar-refractivity contribution in [3.8, 4) is 0 Å². The molecule has 0 aliphatic carbocycles. The van der Waals surface area contributed by atoms with E-state index in [-0.39, 0.29) is 0 Å². The highest BCUT2D eigenvalue weighted by molar-refractivity contribution is 9.10. The first-order valence-electron chi connectivity index (χ1n) is 6.91. The molecule has 2 fully saturated rings. The van der Waals surface area contributed by atoms with Crippen molar-refractivity contribution in [2.24, 2.45) is 5.41 Å². The fraction of sp³-hybridized carbons (Fsp3) is 0.786. The number of aliphatic hydroxyl groups is 1. The predicted molar refractivity (Wildman–Crippen MR) is 85.9 cm³/mol. The molecule has 4 atom stereocenters. The highest BCUT2D eigenvalue weighted by Gasteiger charge is 2.74. The first-order chi connectivity index (χ1) is 9.76. The molecular weight excluding hydrogens is 374 g/mol. The Kier molecular flexibility index (Phi) is 3.99. The molecule has 2 aliphatic rings. The van der Waals surface area contributed by atoms with Crippen molar-refractivity contribution in [2.45, 2.75) is 61.2 Å². The summed E-state index contributed by atoms with van der Waals surface area (Å²) < 4.78 is -2.26. The number of amides is 1. The van der Waals surface area contributed by atoms with Gasteiger partial charge in [-0.3, -0.25) is 9.59 Å². The molecule has 2 N–H and O–H groups in total. The zero-order valence-electron chi connectivity index (χ0n) is 13.1. The van der Waals surface area contributed by atoms with Crippen LogP contribution in [0.1, 0.15) is 34.6 Å². The average molecular weight is 394 g/mol. The number of aliphatic hydroxyl groups excluding tert-OH is 1. The molecule has 0 aromatic rings. The lowest BCUT2D eigenvalue weighted by atomic mass is 9.78. The first kappa shape index (κ1) is 17.7. The summed E-state index contributed by atoms with van der Waals surface area (Å²) in [6, 6.07) is -0.986. The standard InChI is InChI=1S/C14H20BrNO5S/c1-12(2,3)7(17)8(18)14(15)10(21)16-6(9(19)20)13(4,5)22-11(14)16/h6-7,11,17H,1-5H3,(H,19,20)/t6-,7?,11+,14?/m0/s1. The van der Waals surface area contributed by atoms with Gasteiger partial charge in [0.05, 0.1) is 0 Å². The second-order valence-corrected chi connectivity index (χ2v) is 10.4. The molecule has 0 bridgehead atoms. The Morgan fingerprint density at radius 1 is 1.36 bits per heavy atom. The lowest BCUT2D eigenvalue weighted by molar-refractivity contribution is -0.165. The topological polar surface area (TPSA) is 94.9 Å². The third kappa shape index (κ3) is 2.22. The van der Waals surface area contributed by atoms with Crippen LogP contribution >= 0.6 is 27.7 Å². The number of carboxylic acid groups (broad SMARTS) is 1. The molecule has 22 heavy (non-hydrogen) atoms. The normalized spacial score (nSPS) is 34.9. The monoisotopic (exact) mass is 393 g/mol. The number of hydrogen-bond acceptors (Lipinski definition) is 5. The summed E-state index contributed by atoms with van der Waals surface area (Å²) >= 11 is 4.48. The second kappa shape index (κ2) is 4.95. The van der Waals surface area contributed by atoms with Crippen molar-refractivity contribution in [3.63, 3.8) is 0 Å². The summed E-state index contributed by atoms with van der Waals surface area (Å²) in [6.07, 6.45) is -1.31. The maximum absolute atomic E-state index is 12.6. The smallest absolute Gasteiger partial charge is 0.327 e. The van der Waals surface area contributed by atoms with Gasteiger partial charge in [0, 0.05) is 4.75 Å². The van der Waals surface area contributed by atoms with Crippen LogP contribution in [0.3, 0.4) is 0 Å². The number of hydrogen-bond donors (Lipinski definition) is 2. The highest BCUT2D eigenvalue weighted by atomic mass is 79.9. The number of halogens is 1. The summed E-state index contributed by atoms with van der Waals surface area (Å²) in [5.41, 5.74) is -0.705. The zero-order valence-corrected chi connectivity index (χ0v) is 15.5. The number of carbonyl (C=O) groups excluding carboxylic acids is 2. The maximum atomic E-state index is 12.6. The fourth-order valence-corrected chi connectivity index (χ4v) is 5.39. The van der Waals surface area contributed by atoms with Crippen LogP contribution < -0.4 is 0 Å². The maximum Gasteiger partial charge on any atom is 0.327 e. The van der Waals surface area contributed by atoms with E-state index < -0.39 is 49.7 Å². The van der Waals surface area contributed by atoms with Crippen molar-refractivity contribution in [1.82, 2.24) is 4.90 Å². The number of β-lactam (4-membered cyclic amide) rings is 1. The molecule has 2 heterocycles. The van der Waals surface area contributed by atoms with Gasteiger partial charge in [-0.05, 0) is 19.3 Å². The summed E-state index contributed by atoms with van der Waals surface area (Å²) in [7, 11) is 0. The van der Waals surface area contributed by atoms with Gasteiger partial charge in [0.15, 0.2) is 10.1 Å². The van der Waals surface area contributed by atoms with Gasteiger partial charge in [-0.15, -0.1) is 11.8 Å². The zero-order chi connectivity index (χ0) is 17.2. The molecule has 1 amide bonds. The SMILES string of the molecule is CC(C)(C)C(O)C(=O)C1(Br)C(=O)N2[C@@H](C(=O)O)C(C)(C)S[C@@H]21. The van der Waals surface area contributed by atoms with Gasteiger partial charge in [-0.1, -0.05) is 36.7 Å². The summed E-state index contributed by atoms with van der Waals surface area (Å²) in [4.78, 5) is 37.8. The summed E-state index contributed by atoms with van der Waals surface area (Å²) in [6.45, 7) is 8.59. The second-order valence-electron chi connectivity index (χ2n) is 7.37. The van der Waals surface area contributed by atoms with E-state index in [1.54, 1.807) is 34.6 Å². The Morgan fingerprint density at radius 2 is 1.86 bits per heavy atom. The van der Waals surface area contributed by atoms with Crippen molar-refractivity contribution in [1.29, 1.82) is 0 Å². The van der Waals surface area contributed by atoms with Gasteiger partial charge >= 0.3 is 5.97 Å². The van der Waals surface area contributed by atoms with Crippen molar-refractivity contribution >= 4 is 45.4 Å². The van der Waals surface area contributed by atoms with Crippen LogP contribution in [-0.2, 0) is 14.4 Å². The Morgan fingerprint density at radius 3 is 2.27 bits per heavy atom. The minimum absolute atomic E-state index is 0.587. The van der Waals surface area contributed by atoms with Crippen LogP contribution in [0, 0.1) is 5.41 Å². The minimum Gasteiger partial charge on any atom is -0.480 e. The number of alkyl halides is 1. The van der Waals surface area contributed by atoms with E-state index in [4.69, 9.17) is 0 Å². The van der Waals surface area contributed by atoms with E-state index in [2.05, 4.69) is 15.9 Å². The van der Waals surface area contributed by atoms with E-state index in [0.29, 0.717) is 0 Å². The lowest BCUT2D eigenvalue weighted by Crippen LogP contribution is -2.75. The van der Waals surface area contributed by atoms with Crippen LogP contribution in [-0.4, -0.2) is 59.4 Å². The predicted octanol–water partition coefficient (Wildman–Crippen LogP) is 1.24. The average Bonchev–Trinajstić information content (AvgIpc) is 2.64. The van der Waals surface area contributed by atoms with Gasteiger partial charge < -0.3 is 15.1 Å². The number of thioether (sulfide) groups is 1. The minimum atomic E-state index is -1.55. The van der Waals surface area contributed by atoms with Gasteiger partial charge in [0.2, 0.25) is 0 Å². The molecule has 0 aromatic heterocycles. The number of carboxylic acids is 1. The van der Waals surface area contributed by atoms with E-state index >= 15 is 0 Å². The number of aliphatic carboxylic acids is 1. The number of rotatable bonds is 3. The van der Waals surface area contributed by atoms with Crippen LogP contribution in [0.5, 0.6) is 0 Å². The quantitative estimate of drug-likeness (QED) is 0.425. The molecule has 2 rings (SSSR count). The fourth-order valence-electron chi connectivity index (χ4n) is 2.84. The molecule has 2 saturated heterocycles. The lowest BCUT2D eigenvalue weighted by Gasteiger charge is -2.50. The Labute approximate surface area is 141 Å². The summed E-state index contributed by atoms with van der Waals surface area (Å²) in [5, 5.41) is 19.0. The van der Waals surface area contributed by atoms with Gasteiger partial charge in [0.1, 0.15) is 17.5 Å². The number of Topliss-reactive ketones (excluding diaryl/α,β-unsaturated/α-hetero) is 1. The van der Waals surface area contributed by atoms with E-state index in [9.17, 15) is 24.6 Å². The van der Waals surface area contributed by atoms with Crippen molar-refractivity contribution in [2.75, 3.05) is 0 Å². The molecule has 0 radical (unpaired) electrons. The van der Waals surface area contributed by atoms with Crippen LogP contribution in [0.15, 0.2) is 0 Å². The number of nitrogens with zero attached hydrogens (tertiary/aromatic N) is 1. The molecule has 124 valence electrons. The first-order valence-corrected chi connectivity index (χ1v) is 8.58. The van der Waals surface area contributed by atoms with Crippen molar-refractivity contribution < 1.29 is 24.6 Å². The Hall–Kier alpha value is -0.600. The molecule has 0 saturated carbocycles. The van der Waals surface area contributed by atoms with E-state index in [1.807, 2.05) is 0 Å². The largest absolute Gasteiger partial charge is 0.480 e.